The van der Waals surface area contributed by atoms with Gasteiger partial charge in [-0.05, 0) is 0 Å². The van der Waals surface area contributed by atoms with Crippen molar-refractivity contribution < 1.29 is 21.7 Å². The van der Waals surface area contributed by atoms with E-state index in [-0.39, 0.29) is 21.7 Å². The predicted octanol–water partition coefficient (Wildman–Crippen LogP) is 8.72. The predicted molar refractivity (Wildman–Crippen MR) is 135 cm³/mol. The van der Waals surface area contributed by atoms with Gasteiger partial charge in [0.2, 0.25) is 0 Å². The Bertz CT molecular complexity index is 140. The Kier molecular flexibility index (Phi) is 70.7. The van der Waals surface area contributed by atoms with Crippen molar-refractivity contribution in [3.63, 3.8) is 0 Å². The summed E-state index contributed by atoms with van der Waals surface area (Å²) < 4.78 is 0. The van der Waals surface area contributed by atoms with E-state index in [0.29, 0.717) is 0 Å². The first kappa shape index (κ1) is 40.0. The van der Waals surface area contributed by atoms with Crippen molar-refractivity contribution in [3.8, 4) is 0 Å². The number of hydrogen-bond donors (Lipinski definition) is 0. The fourth-order valence-corrected chi connectivity index (χ4v) is 1.71. The second-order valence-corrected chi connectivity index (χ2v) is 6.47. The molecule has 0 aromatic carbocycles. The summed E-state index contributed by atoms with van der Waals surface area (Å²) in [5, 5.41) is 16.6. The van der Waals surface area contributed by atoms with Gasteiger partial charge < -0.3 is 21.3 Å². The molecule has 0 fully saturated rings. The van der Waals surface area contributed by atoms with Crippen LogP contribution >= 0.6 is 0 Å². The normalized spacial score (nSPS) is 9.10. The summed E-state index contributed by atoms with van der Waals surface area (Å²) in [6, 6.07) is 0. The Morgan fingerprint density at radius 2 is 0.517 bits per heavy atom. The maximum absolute atomic E-state index is 4.16. The average Bonchev–Trinajstić information content (AvgIpc) is 2.71. The van der Waals surface area contributed by atoms with Gasteiger partial charge in [-0.25, -0.2) is 0 Å². The van der Waals surface area contributed by atoms with Gasteiger partial charge in [0.25, 0.3) is 0 Å². The van der Waals surface area contributed by atoms with Gasteiger partial charge in [-0.3, -0.25) is 0 Å². The smallest absolute Gasteiger partial charge is 0.662 e. The molecule has 0 saturated heterocycles. The van der Waals surface area contributed by atoms with Crippen LogP contribution in [0.4, 0.5) is 0 Å². The van der Waals surface area contributed by atoms with E-state index in [1.807, 2.05) is 0 Å². The number of hydrogen-bond acceptors (Lipinski definition) is 0. The SMILES string of the molecule is CCCC[N-]CC.CCCC[N-]CC.CCCC[N-]CC.CCCC[N-]CC.[Ti+4]. The van der Waals surface area contributed by atoms with E-state index in [0.717, 1.165) is 52.4 Å². The Balaban J connectivity index is -0.0000000873. The molecule has 0 aliphatic carbocycles. The van der Waals surface area contributed by atoms with Crippen LogP contribution in [-0.2, 0) is 21.7 Å². The quantitative estimate of drug-likeness (QED) is 0.167. The van der Waals surface area contributed by atoms with Crippen molar-refractivity contribution in [1.82, 2.24) is 0 Å². The van der Waals surface area contributed by atoms with E-state index in [9.17, 15) is 0 Å². The Morgan fingerprint density at radius 3 is 0.621 bits per heavy atom. The van der Waals surface area contributed by atoms with Crippen LogP contribution in [0.3, 0.4) is 0 Å². The molecular weight excluding hydrogens is 392 g/mol. The van der Waals surface area contributed by atoms with Gasteiger partial charge in [-0.15, -0.1) is 26.2 Å². The number of unbranched alkanes of at least 4 members (excludes halogenated alkanes) is 4. The van der Waals surface area contributed by atoms with Crippen molar-refractivity contribution in [2.24, 2.45) is 0 Å². The van der Waals surface area contributed by atoms with Gasteiger partial charge in [0, 0.05) is 0 Å². The molecule has 0 N–H and O–H groups in total. The number of nitrogens with zero attached hydrogens (tertiary/aromatic N) is 4. The van der Waals surface area contributed by atoms with Crippen LogP contribution in [0.5, 0.6) is 0 Å². The first-order valence-corrected chi connectivity index (χ1v) is 12.2. The molecule has 0 heterocycles. The molecule has 0 unspecified atom stereocenters. The van der Waals surface area contributed by atoms with Gasteiger partial charge in [0.1, 0.15) is 0 Å². The van der Waals surface area contributed by atoms with E-state index < -0.39 is 0 Å². The van der Waals surface area contributed by atoms with Crippen LogP contribution in [0, 0.1) is 0 Å². The zero-order valence-electron chi connectivity index (χ0n) is 21.6. The summed E-state index contributed by atoms with van der Waals surface area (Å²) in [6.07, 6.45) is 10.1. The van der Waals surface area contributed by atoms with Gasteiger partial charge in [-0.2, -0.15) is 26.2 Å². The molecule has 0 aliphatic heterocycles. The standard InChI is InChI=1S/4C6H14N.Ti/c4*1-3-5-6-7-4-2;/h4*3-6H2,1-2H3;/q4*-1;+4. The maximum atomic E-state index is 4.16. The molecule has 0 spiro atoms. The molecule has 0 aromatic heterocycles. The summed E-state index contributed by atoms with van der Waals surface area (Å²) in [4.78, 5) is 0. The van der Waals surface area contributed by atoms with E-state index in [1.54, 1.807) is 0 Å². The average molecular weight is 449 g/mol. The van der Waals surface area contributed by atoms with Crippen LogP contribution in [0.15, 0.2) is 0 Å². The summed E-state index contributed by atoms with van der Waals surface area (Å²) >= 11 is 0. The van der Waals surface area contributed by atoms with Crippen LogP contribution in [0.2, 0.25) is 0 Å². The second kappa shape index (κ2) is 51.3. The molecule has 0 aliphatic rings. The van der Waals surface area contributed by atoms with Crippen LogP contribution < -0.4 is 0 Å². The molecule has 0 bridgehead atoms. The molecular formula is C24H56N4Ti. The second-order valence-electron chi connectivity index (χ2n) is 6.47. The van der Waals surface area contributed by atoms with Crippen LogP contribution in [0.1, 0.15) is 107 Å². The van der Waals surface area contributed by atoms with Crippen molar-refractivity contribution in [2.75, 3.05) is 52.4 Å². The largest absolute Gasteiger partial charge is 4.00 e. The van der Waals surface area contributed by atoms with Gasteiger partial charge in [0.15, 0.2) is 0 Å². The minimum absolute atomic E-state index is 0. The molecule has 0 rings (SSSR count). The molecule has 5 heteroatoms. The zero-order chi connectivity index (χ0) is 22.1. The molecule has 176 valence electrons. The molecule has 4 nitrogen and oxygen atoms in total. The maximum Gasteiger partial charge on any atom is 4.00 e. The van der Waals surface area contributed by atoms with Crippen molar-refractivity contribution in [2.45, 2.75) is 107 Å². The molecule has 0 saturated carbocycles. The first-order chi connectivity index (χ1) is 13.7. The molecule has 0 radical (unpaired) electrons. The van der Waals surface area contributed by atoms with Crippen molar-refractivity contribution in [3.05, 3.63) is 21.3 Å². The Labute approximate surface area is 201 Å². The van der Waals surface area contributed by atoms with Gasteiger partial charge in [-0.1, -0.05) is 107 Å². The van der Waals surface area contributed by atoms with Gasteiger partial charge in [0.05, 0.1) is 0 Å². The molecule has 0 amide bonds. The van der Waals surface area contributed by atoms with E-state index in [2.05, 4.69) is 76.7 Å². The summed E-state index contributed by atoms with van der Waals surface area (Å²) in [6.45, 7) is 25.3. The van der Waals surface area contributed by atoms with Crippen LogP contribution in [-0.4, -0.2) is 52.4 Å². The Morgan fingerprint density at radius 1 is 0.345 bits per heavy atom. The van der Waals surface area contributed by atoms with Crippen molar-refractivity contribution in [1.29, 1.82) is 0 Å². The van der Waals surface area contributed by atoms with Gasteiger partial charge >= 0.3 is 21.7 Å². The third-order valence-electron chi connectivity index (χ3n) is 3.57. The molecule has 29 heavy (non-hydrogen) atoms. The van der Waals surface area contributed by atoms with Crippen molar-refractivity contribution >= 4 is 0 Å². The molecule has 0 aromatic rings. The number of rotatable bonds is 16. The fourth-order valence-electron chi connectivity index (χ4n) is 1.71. The van der Waals surface area contributed by atoms with Crippen LogP contribution in [0.25, 0.3) is 21.3 Å². The summed E-state index contributed by atoms with van der Waals surface area (Å²) in [5.41, 5.74) is 0. The first-order valence-electron chi connectivity index (χ1n) is 12.2. The van der Waals surface area contributed by atoms with E-state index in [4.69, 9.17) is 0 Å². The third kappa shape index (κ3) is 73.5. The van der Waals surface area contributed by atoms with E-state index >= 15 is 0 Å². The topological polar surface area (TPSA) is 56.4 Å². The monoisotopic (exact) mass is 448 g/mol. The molecule has 0 atom stereocenters. The minimum Gasteiger partial charge on any atom is -0.662 e. The summed E-state index contributed by atoms with van der Waals surface area (Å²) in [7, 11) is 0. The van der Waals surface area contributed by atoms with E-state index in [1.165, 1.54) is 51.4 Å². The fraction of sp³-hybridized carbons (Fsp3) is 1.00. The Hall–Kier alpha value is 0.554. The summed E-state index contributed by atoms with van der Waals surface area (Å²) in [5.74, 6) is 0. The third-order valence-corrected chi connectivity index (χ3v) is 3.57. The zero-order valence-corrected chi connectivity index (χ0v) is 23.2. The minimum atomic E-state index is 0.